The molecule has 0 aliphatic rings. The van der Waals surface area contributed by atoms with Gasteiger partial charge in [0.05, 0.1) is 12.1 Å². The molecule has 1 N–H and O–H groups in total. The Kier molecular flexibility index (Phi) is 4.74. The number of carbonyl (C=O) groups is 1. The first kappa shape index (κ1) is 14.1. The maximum absolute atomic E-state index is 11.6. The lowest BCUT2D eigenvalue weighted by molar-refractivity contribution is 0.0483. The van der Waals surface area contributed by atoms with Crippen LogP contribution in [0.25, 0.3) is 0 Å². The third kappa shape index (κ3) is 3.59. The number of furan rings is 1. The fourth-order valence-electron chi connectivity index (χ4n) is 1.44. The summed E-state index contributed by atoms with van der Waals surface area (Å²) in [5, 5.41) is 11.8. The van der Waals surface area contributed by atoms with Gasteiger partial charge >= 0.3 is 5.97 Å². The molecule has 102 valence electrons. The summed E-state index contributed by atoms with van der Waals surface area (Å²) in [4.78, 5) is 15.6. The Morgan fingerprint density at radius 2 is 2.35 bits per heavy atom. The van der Waals surface area contributed by atoms with Crippen molar-refractivity contribution in [1.29, 1.82) is 5.26 Å². The summed E-state index contributed by atoms with van der Waals surface area (Å²) in [6, 6.07) is 8.49. The van der Waals surface area contributed by atoms with Crippen molar-refractivity contribution in [1.82, 2.24) is 4.98 Å². The quantitative estimate of drug-likeness (QED) is 0.667. The molecule has 0 atom stereocenters. The van der Waals surface area contributed by atoms with Gasteiger partial charge < -0.3 is 14.5 Å². The summed E-state index contributed by atoms with van der Waals surface area (Å²) in [7, 11) is 0. The van der Waals surface area contributed by atoms with Crippen molar-refractivity contribution in [2.75, 3.05) is 18.5 Å². The highest BCUT2D eigenvalue weighted by Gasteiger charge is 2.11. The molecule has 2 aromatic heterocycles. The van der Waals surface area contributed by atoms with Gasteiger partial charge in [0.2, 0.25) is 5.76 Å². The first-order chi connectivity index (χ1) is 9.70. The normalized spacial score (nSPS) is 9.80. The van der Waals surface area contributed by atoms with Gasteiger partial charge in [-0.15, -0.1) is 0 Å². The minimum atomic E-state index is -0.543. The summed E-state index contributed by atoms with van der Waals surface area (Å²) in [5.41, 5.74) is 0.439. The van der Waals surface area contributed by atoms with Gasteiger partial charge in [0.15, 0.2) is 4.67 Å². The topological polar surface area (TPSA) is 88.1 Å². The highest BCUT2D eigenvalue weighted by Crippen LogP contribution is 2.14. The monoisotopic (exact) mass is 335 g/mol. The lowest BCUT2D eigenvalue weighted by atomic mass is 10.3. The maximum atomic E-state index is 11.6. The number of anilines is 1. The second-order valence-electron chi connectivity index (χ2n) is 3.68. The number of halogens is 1. The summed E-state index contributed by atoms with van der Waals surface area (Å²) in [6.07, 6.45) is 1.58. The molecule has 7 heteroatoms. The molecule has 6 nitrogen and oxygen atoms in total. The van der Waals surface area contributed by atoms with Crippen molar-refractivity contribution in [2.24, 2.45) is 0 Å². The fraction of sp³-hybridized carbons (Fsp3) is 0.154. The molecule has 0 aliphatic carbocycles. The highest BCUT2D eigenvalue weighted by atomic mass is 79.9. The Morgan fingerprint density at radius 3 is 3.05 bits per heavy atom. The van der Waals surface area contributed by atoms with E-state index in [1.807, 2.05) is 6.07 Å². The van der Waals surface area contributed by atoms with Crippen LogP contribution < -0.4 is 5.32 Å². The number of aromatic nitrogens is 1. The molecule has 0 aliphatic heterocycles. The van der Waals surface area contributed by atoms with E-state index in [2.05, 4.69) is 26.2 Å². The Morgan fingerprint density at radius 1 is 1.50 bits per heavy atom. The average molecular weight is 336 g/mol. The number of nitriles is 1. The third-order valence-electron chi connectivity index (χ3n) is 2.33. The van der Waals surface area contributed by atoms with Crippen LogP contribution in [0, 0.1) is 11.3 Å². The first-order valence-corrected chi connectivity index (χ1v) is 6.51. The van der Waals surface area contributed by atoms with Crippen LogP contribution >= 0.6 is 15.9 Å². The zero-order chi connectivity index (χ0) is 14.4. The molecule has 0 amide bonds. The van der Waals surface area contributed by atoms with Crippen LogP contribution in [-0.2, 0) is 4.74 Å². The lowest BCUT2D eigenvalue weighted by Crippen LogP contribution is -2.14. The van der Waals surface area contributed by atoms with Gasteiger partial charge in [-0.1, -0.05) is 0 Å². The maximum Gasteiger partial charge on any atom is 0.374 e. The van der Waals surface area contributed by atoms with Crippen molar-refractivity contribution in [3.8, 4) is 6.07 Å². The second kappa shape index (κ2) is 6.73. The van der Waals surface area contributed by atoms with Gasteiger partial charge in [0.1, 0.15) is 18.5 Å². The number of pyridine rings is 1. The average Bonchev–Trinajstić information content (AvgIpc) is 2.90. The number of rotatable bonds is 5. The molecule has 2 heterocycles. The van der Waals surface area contributed by atoms with Gasteiger partial charge in [0.25, 0.3) is 0 Å². The molecule has 0 bridgehead atoms. The van der Waals surface area contributed by atoms with E-state index in [0.29, 0.717) is 22.6 Å². The molecular weight excluding hydrogens is 326 g/mol. The molecule has 0 saturated heterocycles. The van der Waals surface area contributed by atoms with Crippen LogP contribution in [0.3, 0.4) is 0 Å². The van der Waals surface area contributed by atoms with Crippen LogP contribution in [0.5, 0.6) is 0 Å². The minimum Gasteiger partial charge on any atom is -0.458 e. The minimum absolute atomic E-state index is 0.132. The van der Waals surface area contributed by atoms with Crippen LogP contribution in [-0.4, -0.2) is 24.1 Å². The third-order valence-corrected chi connectivity index (χ3v) is 2.76. The number of nitrogens with one attached hydrogen (secondary N) is 1. The molecule has 2 rings (SSSR count). The van der Waals surface area contributed by atoms with Crippen LogP contribution in [0.1, 0.15) is 16.1 Å². The second-order valence-corrected chi connectivity index (χ2v) is 4.46. The van der Waals surface area contributed by atoms with Crippen molar-refractivity contribution in [3.05, 3.63) is 46.5 Å². The van der Waals surface area contributed by atoms with Gasteiger partial charge in [-0.25, -0.2) is 9.78 Å². The van der Waals surface area contributed by atoms with E-state index in [9.17, 15) is 4.79 Å². The summed E-state index contributed by atoms with van der Waals surface area (Å²) in [5.74, 6) is 0.0539. The molecule has 0 saturated carbocycles. The van der Waals surface area contributed by atoms with Crippen LogP contribution in [0.15, 0.2) is 39.5 Å². The van der Waals surface area contributed by atoms with Crippen molar-refractivity contribution in [3.63, 3.8) is 0 Å². The molecular formula is C13H10BrN3O3. The first-order valence-electron chi connectivity index (χ1n) is 5.72. The Labute approximate surface area is 123 Å². The predicted molar refractivity (Wildman–Crippen MR) is 74.1 cm³/mol. The van der Waals surface area contributed by atoms with E-state index in [0.717, 1.165) is 0 Å². The fourth-order valence-corrected chi connectivity index (χ4v) is 1.75. The van der Waals surface area contributed by atoms with E-state index < -0.39 is 5.97 Å². The summed E-state index contributed by atoms with van der Waals surface area (Å²) >= 11 is 3.10. The standard InChI is InChI=1S/C13H10BrN3O3/c14-11-4-3-10(20-11)13(18)19-7-6-17-12-9(8-15)2-1-5-16-12/h1-5H,6-7H2,(H,16,17). The molecule has 0 fully saturated rings. The molecule has 0 radical (unpaired) electrons. The van der Waals surface area contributed by atoms with E-state index in [-0.39, 0.29) is 12.4 Å². The van der Waals surface area contributed by atoms with E-state index in [1.165, 1.54) is 6.07 Å². The Balaban J connectivity index is 1.79. The number of esters is 1. The zero-order valence-electron chi connectivity index (χ0n) is 10.3. The smallest absolute Gasteiger partial charge is 0.374 e. The van der Waals surface area contributed by atoms with E-state index in [4.69, 9.17) is 14.4 Å². The van der Waals surface area contributed by atoms with E-state index in [1.54, 1.807) is 24.4 Å². The summed E-state index contributed by atoms with van der Waals surface area (Å²) < 4.78 is 10.5. The number of hydrogen-bond acceptors (Lipinski definition) is 6. The Bertz CT molecular complexity index is 648. The van der Waals surface area contributed by atoms with Crippen molar-refractivity contribution >= 4 is 27.7 Å². The van der Waals surface area contributed by atoms with Gasteiger partial charge in [-0.2, -0.15) is 5.26 Å². The largest absolute Gasteiger partial charge is 0.458 e. The molecule has 20 heavy (non-hydrogen) atoms. The van der Waals surface area contributed by atoms with Crippen LogP contribution in [0.4, 0.5) is 5.82 Å². The van der Waals surface area contributed by atoms with E-state index >= 15 is 0 Å². The SMILES string of the molecule is N#Cc1cccnc1NCCOC(=O)c1ccc(Br)o1. The number of hydrogen-bond donors (Lipinski definition) is 1. The number of ether oxygens (including phenoxy) is 1. The van der Waals surface area contributed by atoms with Gasteiger partial charge in [-0.05, 0) is 40.2 Å². The van der Waals surface area contributed by atoms with Crippen molar-refractivity contribution in [2.45, 2.75) is 0 Å². The molecule has 0 spiro atoms. The number of nitrogens with zero attached hydrogens (tertiary/aromatic N) is 2. The zero-order valence-corrected chi connectivity index (χ0v) is 11.9. The molecule has 0 unspecified atom stereocenters. The lowest BCUT2D eigenvalue weighted by Gasteiger charge is -2.07. The van der Waals surface area contributed by atoms with Gasteiger partial charge in [-0.3, -0.25) is 0 Å². The number of carbonyl (C=O) groups excluding carboxylic acids is 1. The van der Waals surface area contributed by atoms with Crippen LogP contribution in [0.2, 0.25) is 0 Å². The molecule has 2 aromatic rings. The van der Waals surface area contributed by atoms with Crippen molar-refractivity contribution < 1.29 is 13.9 Å². The van der Waals surface area contributed by atoms with Gasteiger partial charge in [0, 0.05) is 6.20 Å². The predicted octanol–water partition coefficient (Wildman–Crippen LogP) is 2.58. The molecule has 0 aromatic carbocycles. The highest BCUT2D eigenvalue weighted by molar-refractivity contribution is 9.10. The summed E-state index contributed by atoms with van der Waals surface area (Å²) in [6.45, 7) is 0.484. The Hall–Kier alpha value is -2.33.